The van der Waals surface area contributed by atoms with Crippen molar-refractivity contribution < 1.29 is 17.9 Å². The Kier molecular flexibility index (Phi) is 7.11. The van der Waals surface area contributed by atoms with E-state index in [0.717, 1.165) is 30.7 Å². The second kappa shape index (κ2) is 9.76. The van der Waals surface area contributed by atoms with E-state index in [9.17, 15) is 13.2 Å². The van der Waals surface area contributed by atoms with Gasteiger partial charge in [-0.25, -0.2) is 8.42 Å². The molecule has 0 bridgehead atoms. The molecule has 0 aliphatic carbocycles. The third kappa shape index (κ3) is 5.71. The highest BCUT2D eigenvalue weighted by molar-refractivity contribution is 7.89. The number of nitrogens with one attached hydrogen (secondary N) is 2. The van der Waals surface area contributed by atoms with E-state index in [1.54, 1.807) is 18.2 Å². The fraction of sp³-hybridized carbons (Fsp3) is 0.381. The van der Waals surface area contributed by atoms with E-state index in [0.29, 0.717) is 25.4 Å². The molecule has 2 aromatic rings. The number of nitrogens with zero attached hydrogens (tertiary/aromatic N) is 1. The molecule has 7 nitrogen and oxygen atoms in total. The van der Waals surface area contributed by atoms with Crippen LogP contribution in [0.1, 0.15) is 26.2 Å². The molecule has 1 fully saturated rings. The Bertz CT molecular complexity index is 923. The summed E-state index contributed by atoms with van der Waals surface area (Å²) in [6, 6.07) is 13.7. The maximum absolute atomic E-state index is 12.8. The zero-order valence-corrected chi connectivity index (χ0v) is 17.4. The fourth-order valence-electron chi connectivity index (χ4n) is 3.21. The molecule has 29 heavy (non-hydrogen) atoms. The van der Waals surface area contributed by atoms with Gasteiger partial charge < -0.3 is 15.4 Å². The minimum Gasteiger partial charge on any atom is -0.494 e. The van der Waals surface area contributed by atoms with Crippen molar-refractivity contribution in [2.24, 2.45) is 0 Å². The van der Waals surface area contributed by atoms with Crippen LogP contribution < -0.4 is 15.4 Å². The lowest BCUT2D eigenvalue weighted by Gasteiger charge is -2.26. The first-order valence-electron chi connectivity index (χ1n) is 9.86. The molecule has 1 aliphatic heterocycles. The fourth-order valence-corrected chi connectivity index (χ4v) is 4.78. The Morgan fingerprint density at radius 2 is 1.76 bits per heavy atom. The number of sulfonamides is 1. The topological polar surface area (TPSA) is 87.7 Å². The predicted octanol–water partition coefficient (Wildman–Crippen LogP) is 3.31. The van der Waals surface area contributed by atoms with Crippen LogP contribution in [0.4, 0.5) is 11.4 Å². The number of hydrogen-bond acceptors (Lipinski definition) is 5. The van der Waals surface area contributed by atoms with Crippen LogP contribution >= 0.6 is 0 Å². The minimum absolute atomic E-state index is 0.0666. The molecule has 1 amide bonds. The predicted molar refractivity (Wildman–Crippen MR) is 114 cm³/mol. The smallest absolute Gasteiger partial charge is 0.243 e. The Morgan fingerprint density at radius 3 is 2.45 bits per heavy atom. The SMILES string of the molecule is CCOc1ccc(NCC(=O)Nc2cccc(S(=O)(=O)N3CCCCC3)c2)cc1. The quantitative estimate of drug-likeness (QED) is 0.688. The lowest BCUT2D eigenvalue weighted by atomic mass is 10.2. The van der Waals surface area contributed by atoms with E-state index in [-0.39, 0.29) is 17.3 Å². The second-order valence-corrected chi connectivity index (χ2v) is 8.79. The molecule has 2 N–H and O–H groups in total. The molecule has 2 aromatic carbocycles. The third-order valence-corrected chi connectivity index (χ3v) is 6.58. The Hall–Kier alpha value is -2.58. The number of anilines is 2. The standard InChI is InChI=1S/C21H27N3O4S/c1-2-28-19-11-9-17(10-12-19)22-16-21(25)23-18-7-6-8-20(15-18)29(26,27)24-13-4-3-5-14-24/h6-12,15,22H,2-5,13-14,16H2,1H3,(H,23,25). The van der Waals surface area contributed by atoms with Crippen LogP contribution in [-0.2, 0) is 14.8 Å². The van der Waals surface area contributed by atoms with Crippen LogP contribution in [0.25, 0.3) is 0 Å². The second-order valence-electron chi connectivity index (χ2n) is 6.85. The lowest BCUT2D eigenvalue weighted by Crippen LogP contribution is -2.35. The molecule has 3 rings (SSSR count). The number of piperidine rings is 1. The van der Waals surface area contributed by atoms with Crippen LogP contribution in [0.3, 0.4) is 0 Å². The van der Waals surface area contributed by atoms with Crippen molar-refractivity contribution in [3.05, 3.63) is 48.5 Å². The van der Waals surface area contributed by atoms with Crippen LogP contribution in [0, 0.1) is 0 Å². The summed E-state index contributed by atoms with van der Waals surface area (Å²) in [5, 5.41) is 5.79. The highest BCUT2D eigenvalue weighted by atomic mass is 32.2. The molecule has 0 unspecified atom stereocenters. The van der Waals surface area contributed by atoms with Crippen molar-refractivity contribution in [3.63, 3.8) is 0 Å². The van der Waals surface area contributed by atoms with Crippen molar-refractivity contribution in [3.8, 4) is 5.75 Å². The lowest BCUT2D eigenvalue weighted by molar-refractivity contribution is -0.114. The molecule has 8 heteroatoms. The number of ether oxygens (including phenoxy) is 1. The van der Waals surface area contributed by atoms with Gasteiger partial charge in [-0.3, -0.25) is 4.79 Å². The third-order valence-electron chi connectivity index (χ3n) is 4.69. The highest BCUT2D eigenvalue weighted by Gasteiger charge is 2.26. The average Bonchev–Trinajstić information content (AvgIpc) is 2.74. The zero-order chi connectivity index (χ0) is 20.7. The van der Waals surface area contributed by atoms with E-state index < -0.39 is 10.0 Å². The first kappa shape index (κ1) is 21.1. The van der Waals surface area contributed by atoms with Crippen LogP contribution in [0.15, 0.2) is 53.4 Å². The van der Waals surface area contributed by atoms with E-state index in [4.69, 9.17) is 4.74 Å². The van der Waals surface area contributed by atoms with E-state index >= 15 is 0 Å². The molecule has 156 valence electrons. The Balaban J connectivity index is 1.58. The first-order valence-corrected chi connectivity index (χ1v) is 11.3. The van der Waals surface area contributed by atoms with Gasteiger partial charge in [-0.05, 0) is 62.2 Å². The summed E-state index contributed by atoms with van der Waals surface area (Å²) in [5.41, 5.74) is 1.26. The summed E-state index contributed by atoms with van der Waals surface area (Å²) in [7, 11) is -3.53. The summed E-state index contributed by atoms with van der Waals surface area (Å²) in [4.78, 5) is 12.5. The molecule has 0 spiro atoms. The summed E-state index contributed by atoms with van der Waals surface area (Å²) < 4.78 is 32.5. The molecule has 0 atom stereocenters. The monoisotopic (exact) mass is 417 g/mol. The van der Waals surface area contributed by atoms with Gasteiger partial charge in [-0.15, -0.1) is 0 Å². The van der Waals surface area contributed by atoms with E-state index in [1.807, 2.05) is 31.2 Å². The summed E-state index contributed by atoms with van der Waals surface area (Å²) in [6.07, 6.45) is 2.82. The number of amides is 1. The first-order chi connectivity index (χ1) is 14.0. The molecule has 0 radical (unpaired) electrons. The van der Waals surface area contributed by atoms with Gasteiger partial charge in [0.25, 0.3) is 0 Å². The minimum atomic E-state index is -3.53. The molecule has 0 saturated carbocycles. The molecule has 1 heterocycles. The number of carbonyl (C=O) groups is 1. The van der Waals surface area contributed by atoms with Gasteiger partial charge in [0.1, 0.15) is 5.75 Å². The molecule has 1 saturated heterocycles. The number of benzene rings is 2. The van der Waals surface area contributed by atoms with Gasteiger partial charge in [-0.1, -0.05) is 12.5 Å². The van der Waals surface area contributed by atoms with Crippen LogP contribution in [0.5, 0.6) is 5.75 Å². The highest BCUT2D eigenvalue weighted by Crippen LogP contribution is 2.23. The van der Waals surface area contributed by atoms with Gasteiger partial charge in [0.2, 0.25) is 15.9 Å². The summed E-state index contributed by atoms with van der Waals surface area (Å²) in [6.45, 7) is 3.68. The number of carbonyl (C=O) groups excluding carboxylic acids is 1. The largest absolute Gasteiger partial charge is 0.494 e. The van der Waals surface area contributed by atoms with Gasteiger partial charge >= 0.3 is 0 Å². The Labute approximate surface area is 172 Å². The van der Waals surface area contributed by atoms with Crippen LogP contribution in [0.2, 0.25) is 0 Å². The Morgan fingerprint density at radius 1 is 1.03 bits per heavy atom. The zero-order valence-electron chi connectivity index (χ0n) is 16.6. The van der Waals surface area contributed by atoms with Gasteiger partial charge in [0, 0.05) is 24.5 Å². The number of rotatable bonds is 8. The van der Waals surface area contributed by atoms with Crippen molar-refractivity contribution in [1.82, 2.24) is 4.31 Å². The van der Waals surface area contributed by atoms with Crippen molar-refractivity contribution in [2.45, 2.75) is 31.1 Å². The van der Waals surface area contributed by atoms with Gasteiger partial charge in [0.05, 0.1) is 18.0 Å². The van der Waals surface area contributed by atoms with Crippen molar-refractivity contribution >= 4 is 27.3 Å². The van der Waals surface area contributed by atoms with Crippen molar-refractivity contribution in [2.75, 3.05) is 36.9 Å². The van der Waals surface area contributed by atoms with E-state index in [1.165, 1.54) is 10.4 Å². The van der Waals surface area contributed by atoms with E-state index in [2.05, 4.69) is 10.6 Å². The van der Waals surface area contributed by atoms with Gasteiger partial charge in [0.15, 0.2) is 0 Å². The van der Waals surface area contributed by atoms with Crippen LogP contribution in [-0.4, -0.2) is 44.9 Å². The molecular formula is C21H27N3O4S. The van der Waals surface area contributed by atoms with Crippen molar-refractivity contribution in [1.29, 1.82) is 0 Å². The normalized spacial score (nSPS) is 14.9. The molecule has 0 aromatic heterocycles. The van der Waals surface area contributed by atoms with Gasteiger partial charge in [-0.2, -0.15) is 4.31 Å². The molecule has 1 aliphatic rings. The maximum Gasteiger partial charge on any atom is 0.243 e. The average molecular weight is 418 g/mol. The summed E-state index contributed by atoms with van der Waals surface area (Å²) >= 11 is 0. The summed E-state index contributed by atoms with van der Waals surface area (Å²) in [5.74, 6) is 0.514. The maximum atomic E-state index is 12.8. The molecular weight excluding hydrogens is 390 g/mol. The number of hydrogen-bond donors (Lipinski definition) is 2.